The fourth-order valence-electron chi connectivity index (χ4n) is 2.26. The van der Waals surface area contributed by atoms with Gasteiger partial charge in [-0.15, -0.1) is 0 Å². The molecule has 0 aromatic heterocycles. The molecule has 3 N–H and O–H groups in total. The maximum Gasteiger partial charge on any atom is 0.302 e. The van der Waals surface area contributed by atoms with E-state index in [9.17, 15) is 9.90 Å². The molecule has 0 saturated heterocycles. The fraction of sp³-hybridized carbons (Fsp3) is 0.125. The molecule has 0 bridgehead atoms. The molecule has 5 nitrogen and oxygen atoms in total. The quantitative estimate of drug-likeness (QED) is 0.830. The van der Waals surface area contributed by atoms with Gasteiger partial charge in [-0.25, -0.2) is 5.01 Å². The van der Waals surface area contributed by atoms with Crippen LogP contribution in [0.1, 0.15) is 11.1 Å². The number of aromatic hydroxyl groups is 1. The third kappa shape index (κ3) is 3.60. The van der Waals surface area contributed by atoms with E-state index in [1.54, 1.807) is 24.3 Å². The van der Waals surface area contributed by atoms with Crippen LogP contribution in [0.3, 0.4) is 0 Å². The lowest BCUT2D eigenvalue weighted by molar-refractivity contribution is 0.222. The molecule has 2 aromatic carbocycles. The molecule has 1 aliphatic rings. The van der Waals surface area contributed by atoms with Gasteiger partial charge in [0, 0.05) is 22.0 Å². The maximum absolute atomic E-state index is 12.1. The predicted molar refractivity (Wildman–Crippen MR) is 93.9 cm³/mol. The average molecular weight is 348 g/mol. The van der Waals surface area contributed by atoms with E-state index in [2.05, 4.69) is 5.10 Å². The fourth-order valence-corrected chi connectivity index (χ4v) is 3.16. The highest BCUT2D eigenvalue weighted by atomic mass is 35.5. The molecule has 0 atom stereocenters. The number of carbonyl (C=O) groups excluding carboxylic acids is 1. The van der Waals surface area contributed by atoms with Crippen molar-refractivity contribution in [3.63, 3.8) is 0 Å². The second kappa shape index (κ2) is 6.52. The van der Waals surface area contributed by atoms with Crippen LogP contribution >= 0.6 is 23.4 Å². The Morgan fingerprint density at radius 3 is 2.91 bits per heavy atom. The van der Waals surface area contributed by atoms with Crippen LogP contribution in [0.4, 0.5) is 10.5 Å². The molecule has 118 valence electrons. The Balaban J connectivity index is 1.91. The molecule has 1 heterocycles. The second-order valence-electron chi connectivity index (χ2n) is 5.07. The Bertz CT molecular complexity index is 795. The minimum Gasteiger partial charge on any atom is -0.507 e. The summed E-state index contributed by atoms with van der Waals surface area (Å²) >= 11 is 7.12. The molecule has 0 unspecified atom stereocenters. The van der Waals surface area contributed by atoms with Crippen LogP contribution in [0.2, 0.25) is 5.02 Å². The number of halogens is 1. The van der Waals surface area contributed by atoms with Crippen LogP contribution in [0.25, 0.3) is 0 Å². The molecular weight excluding hydrogens is 334 g/mol. The normalized spacial score (nSPS) is 14.7. The molecule has 1 aliphatic heterocycles. The number of nitrogens with zero attached hydrogens (tertiary/aromatic N) is 2. The number of hydrazone groups is 1. The molecule has 0 radical (unpaired) electrons. The van der Waals surface area contributed by atoms with Crippen molar-refractivity contribution in [2.24, 2.45) is 5.10 Å². The Kier molecular flexibility index (Phi) is 4.45. The molecule has 1 amide bonds. The third-order valence-corrected chi connectivity index (χ3v) is 4.45. The van der Waals surface area contributed by atoms with Crippen molar-refractivity contribution in [3.05, 3.63) is 58.6 Å². The number of thioether (sulfide) groups is 1. The Hall–Kier alpha value is -2.18. The highest BCUT2D eigenvalue weighted by Crippen LogP contribution is 2.28. The van der Waals surface area contributed by atoms with Crippen LogP contribution in [-0.4, -0.2) is 26.8 Å². The third-order valence-electron chi connectivity index (χ3n) is 3.34. The maximum atomic E-state index is 12.1. The van der Waals surface area contributed by atoms with Crippen molar-refractivity contribution in [1.29, 1.82) is 0 Å². The van der Waals surface area contributed by atoms with E-state index in [4.69, 9.17) is 17.3 Å². The largest absolute Gasteiger partial charge is 0.507 e. The van der Waals surface area contributed by atoms with E-state index in [1.165, 1.54) is 11.1 Å². The van der Waals surface area contributed by atoms with E-state index >= 15 is 0 Å². The zero-order chi connectivity index (χ0) is 16.4. The summed E-state index contributed by atoms with van der Waals surface area (Å²) in [6, 6.07) is 12.1. The number of amides is 1. The molecule has 0 spiro atoms. The number of hydrogen-bond acceptors (Lipinski definition) is 5. The number of nitrogen functional groups attached to an aromatic ring is 1. The van der Waals surface area contributed by atoms with Crippen LogP contribution < -0.4 is 5.73 Å². The number of rotatable bonds is 3. The smallest absolute Gasteiger partial charge is 0.302 e. The van der Waals surface area contributed by atoms with Gasteiger partial charge in [-0.1, -0.05) is 35.5 Å². The van der Waals surface area contributed by atoms with Gasteiger partial charge in [-0.2, -0.15) is 5.10 Å². The minimum absolute atomic E-state index is 0.0898. The summed E-state index contributed by atoms with van der Waals surface area (Å²) < 4.78 is 0. The number of phenolic OH excluding ortho intramolecular Hbond substituents is 1. The zero-order valence-corrected chi connectivity index (χ0v) is 13.6. The molecule has 0 aliphatic carbocycles. The number of hydrogen-bond donors (Lipinski definition) is 2. The molecule has 0 fully saturated rings. The summed E-state index contributed by atoms with van der Waals surface area (Å²) in [6.45, 7) is 0.321. The molecule has 2 aromatic rings. The van der Waals surface area contributed by atoms with Gasteiger partial charge in [0.2, 0.25) is 0 Å². The summed E-state index contributed by atoms with van der Waals surface area (Å²) in [6.07, 6.45) is 0. The lowest BCUT2D eigenvalue weighted by Gasteiger charge is -2.23. The van der Waals surface area contributed by atoms with Crippen molar-refractivity contribution in [3.8, 4) is 5.75 Å². The van der Waals surface area contributed by atoms with E-state index in [0.29, 0.717) is 34.3 Å². The van der Waals surface area contributed by atoms with E-state index < -0.39 is 0 Å². The van der Waals surface area contributed by atoms with Gasteiger partial charge < -0.3 is 10.8 Å². The van der Waals surface area contributed by atoms with Crippen LogP contribution in [0.5, 0.6) is 5.75 Å². The first-order valence-electron chi connectivity index (χ1n) is 6.88. The lowest BCUT2D eigenvalue weighted by atomic mass is 10.1. The SMILES string of the molecule is Nc1cccc(CN2N=C(c3cc(Cl)ccc3O)CSC2=O)c1. The lowest BCUT2D eigenvalue weighted by Crippen LogP contribution is -2.29. The summed E-state index contributed by atoms with van der Waals surface area (Å²) in [4.78, 5) is 12.1. The standard InChI is InChI=1S/C16H14ClN3O2S/c17-11-4-5-15(21)13(7-11)14-9-23-16(22)20(19-14)8-10-2-1-3-12(18)6-10/h1-7,21H,8-9,18H2. The molecule has 0 saturated carbocycles. The van der Waals surface area contributed by atoms with Gasteiger partial charge in [0.25, 0.3) is 0 Å². The first-order valence-corrected chi connectivity index (χ1v) is 8.24. The summed E-state index contributed by atoms with van der Waals surface area (Å²) in [5, 5.41) is 16.1. The first kappa shape index (κ1) is 15.7. The highest BCUT2D eigenvalue weighted by molar-refractivity contribution is 8.14. The first-order chi connectivity index (χ1) is 11.0. The van der Waals surface area contributed by atoms with E-state index in [0.717, 1.165) is 17.3 Å². The number of nitrogens with two attached hydrogens (primary N) is 1. The number of benzene rings is 2. The van der Waals surface area contributed by atoms with Crippen molar-refractivity contribution in [2.45, 2.75) is 6.54 Å². The van der Waals surface area contributed by atoms with E-state index in [-0.39, 0.29) is 11.0 Å². The monoisotopic (exact) mass is 347 g/mol. The Labute approximate surface area is 142 Å². The molecule has 7 heteroatoms. The minimum atomic E-state index is -0.141. The van der Waals surface area contributed by atoms with Crippen molar-refractivity contribution < 1.29 is 9.90 Å². The van der Waals surface area contributed by atoms with Gasteiger partial charge in [0.15, 0.2) is 0 Å². The van der Waals surface area contributed by atoms with Gasteiger partial charge in [-0.05, 0) is 35.9 Å². The number of phenols is 1. The van der Waals surface area contributed by atoms with Crippen molar-refractivity contribution in [1.82, 2.24) is 5.01 Å². The van der Waals surface area contributed by atoms with Gasteiger partial charge in [-0.3, -0.25) is 4.79 Å². The van der Waals surface area contributed by atoms with Crippen LogP contribution in [0, 0.1) is 0 Å². The summed E-state index contributed by atoms with van der Waals surface area (Å²) in [5.41, 5.74) is 8.43. The van der Waals surface area contributed by atoms with Crippen LogP contribution in [0.15, 0.2) is 47.6 Å². The zero-order valence-electron chi connectivity index (χ0n) is 12.1. The van der Waals surface area contributed by atoms with Crippen LogP contribution in [-0.2, 0) is 6.54 Å². The van der Waals surface area contributed by atoms with Gasteiger partial charge >= 0.3 is 5.24 Å². The Morgan fingerprint density at radius 2 is 2.13 bits per heavy atom. The highest BCUT2D eigenvalue weighted by Gasteiger charge is 2.23. The van der Waals surface area contributed by atoms with Gasteiger partial charge in [0.1, 0.15) is 5.75 Å². The van der Waals surface area contributed by atoms with Gasteiger partial charge in [0.05, 0.1) is 12.3 Å². The molecule has 23 heavy (non-hydrogen) atoms. The Morgan fingerprint density at radius 1 is 1.30 bits per heavy atom. The predicted octanol–water partition coefficient (Wildman–Crippen LogP) is 3.70. The van der Waals surface area contributed by atoms with E-state index in [1.807, 2.05) is 12.1 Å². The second-order valence-corrected chi connectivity index (χ2v) is 6.43. The number of anilines is 1. The molecule has 3 rings (SSSR count). The number of carbonyl (C=O) groups is 1. The topological polar surface area (TPSA) is 78.9 Å². The average Bonchev–Trinajstić information content (AvgIpc) is 2.52. The molecular formula is C16H14ClN3O2S. The van der Waals surface area contributed by atoms with Crippen molar-refractivity contribution in [2.75, 3.05) is 11.5 Å². The van der Waals surface area contributed by atoms with Crippen molar-refractivity contribution >= 4 is 40.0 Å². The summed E-state index contributed by atoms with van der Waals surface area (Å²) in [5.74, 6) is 0.479. The summed E-state index contributed by atoms with van der Waals surface area (Å²) in [7, 11) is 0.